The second-order valence-electron chi connectivity index (χ2n) is 7.86. The average molecular weight is 425 g/mol. The first-order valence-corrected chi connectivity index (χ1v) is 11.5. The zero-order chi connectivity index (χ0) is 21.1. The number of carbonyl (C=O) groups is 1. The van der Waals surface area contributed by atoms with Gasteiger partial charge in [-0.25, -0.2) is 4.98 Å². The molecule has 2 heterocycles. The fourth-order valence-corrected chi connectivity index (χ4v) is 4.76. The number of aryl methyl sites for hydroxylation is 1. The lowest BCUT2D eigenvalue weighted by molar-refractivity contribution is 0.0917. The van der Waals surface area contributed by atoms with E-state index in [2.05, 4.69) is 25.1 Å². The Morgan fingerprint density at radius 3 is 2.73 bits per heavy atom. The van der Waals surface area contributed by atoms with Crippen LogP contribution in [-0.4, -0.2) is 36.3 Å². The number of para-hydroxylation sites is 1. The quantitative estimate of drug-likeness (QED) is 0.504. The molecule has 158 valence electrons. The van der Waals surface area contributed by atoms with Gasteiger partial charge in [0.05, 0.1) is 29.0 Å². The Kier molecular flexibility index (Phi) is 6.35. The molecule has 1 fully saturated rings. The fraction of sp³-hybridized carbons (Fsp3) is 0.417. The minimum atomic E-state index is -0.0568. The monoisotopic (exact) mass is 424 g/mol. The molecule has 3 aromatic rings. The number of benzene rings is 2. The van der Waals surface area contributed by atoms with Crippen LogP contribution in [0.2, 0.25) is 0 Å². The molecule has 6 heteroatoms. The third-order valence-electron chi connectivity index (χ3n) is 5.23. The van der Waals surface area contributed by atoms with E-state index >= 15 is 0 Å². The number of hydrogen-bond donors (Lipinski definition) is 0. The molecule has 5 nitrogen and oxygen atoms in total. The van der Waals surface area contributed by atoms with Crippen molar-refractivity contribution in [2.24, 2.45) is 0 Å². The van der Waals surface area contributed by atoms with Crippen molar-refractivity contribution in [3.05, 3.63) is 53.6 Å². The lowest BCUT2D eigenvalue weighted by Gasteiger charge is -2.23. The van der Waals surface area contributed by atoms with Crippen LogP contribution >= 0.6 is 11.3 Å². The molecule has 1 aliphatic heterocycles. The molecule has 2 aromatic carbocycles. The molecule has 1 saturated heterocycles. The predicted molar refractivity (Wildman–Crippen MR) is 122 cm³/mol. The van der Waals surface area contributed by atoms with E-state index < -0.39 is 0 Å². The average Bonchev–Trinajstić information content (AvgIpc) is 3.41. The summed E-state index contributed by atoms with van der Waals surface area (Å²) < 4.78 is 12.7. The van der Waals surface area contributed by atoms with E-state index in [4.69, 9.17) is 14.5 Å². The van der Waals surface area contributed by atoms with Crippen LogP contribution in [0.1, 0.15) is 49.5 Å². The lowest BCUT2D eigenvalue weighted by Crippen LogP contribution is -2.37. The summed E-state index contributed by atoms with van der Waals surface area (Å²) in [5.41, 5.74) is 2.82. The number of ether oxygens (including phenoxy) is 2. The van der Waals surface area contributed by atoms with Crippen LogP contribution in [-0.2, 0) is 11.2 Å². The van der Waals surface area contributed by atoms with Crippen molar-refractivity contribution in [2.75, 3.05) is 18.1 Å². The second-order valence-corrected chi connectivity index (χ2v) is 8.86. The van der Waals surface area contributed by atoms with Crippen molar-refractivity contribution >= 4 is 32.6 Å². The maximum atomic E-state index is 13.5. The summed E-state index contributed by atoms with van der Waals surface area (Å²) >= 11 is 1.57. The summed E-state index contributed by atoms with van der Waals surface area (Å²) in [6.45, 7) is 7.38. The molecule has 0 spiro atoms. The van der Waals surface area contributed by atoms with Crippen molar-refractivity contribution < 1.29 is 14.3 Å². The molecule has 1 unspecified atom stereocenters. The Bertz CT molecular complexity index is 1010. The van der Waals surface area contributed by atoms with Crippen molar-refractivity contribution in [1.82, 2.24) is 4.98 Å². The summed E-state index contributed by atoms with van der Waals surface area (Å²) in [4.78, 5) is 20.2. The first kappa shape index (κ1) is 20.8. The molecule has 0 aliphatic carbocycles. The number of aromatic nitrogens is 1. The van der Waals surface area contributed by atoms with Gasteiger partial charge in [0, 0.05) is 12.2 Å². The first-order valence-electron chi connectivity index (χ1n) is 10.6. The molecule has 1 atom stereocenters. The molecule has 0 radical (unpaired) electrons. The first-order chi connectivity index (χ1) is 14.5. The van der Waals surface area contributed by atoms with Gasteiger partial charge >= 0.3 is 0 Å². The molecular formula is C24H28N2O3S. The third kappa shape index (κ3) is 4.50. The number of hydrogen-bond acceptors (Lipinski definition) is 5. The normalized spacial score (nSPS) is 16.3. The Morgan fingerprint density at radius 2 is 2.07 bits per heavy atom. The number of fused-ring (bicyclic) bond motifs is 1. The molecule has 1 aliphatic rings. The molecule has 0 bridgehead atoms. The molecule has 30 heavy (non-hydrogen) atoms. The molecule has 0 saturated carbocycles. The number of anilines is 1. The smallest absolute Gasteiger partial charge is 0.260 e. The third-order valence-corrected chi connectivity index (χ3v) is 6.28. The van der Waals surface area contributed by atoms with Crippen LogP contribution in [0.15, 0.2) is 42.5 Å². The summed E-state index contributed by atoms with van der Waals surface area (Å²) in [5, 5.41) is 0.730. The van der Waals surface area contributed by atoms with Gasteiger partial charge in [-0.2, -0.15) is 0 Å². The van der Waals surface area contributed by atoms with Gasteiger partial charge in [0.1, 0.15) is 5.75 Å². The highest BCUT2D eigenvalue weighted by Crippen LogP contribution is 2.33. The highest BCUT2D eigenvalue weighted by Gasteiger charge is 2.27. The Balaban J connectivity index is 1.66. The van der Waals surface area contributed by atoms with Crippen molar-refractivity contribution in [3.8, 4) is 5.75 Å². The maximum Gasteiger partial charge on any atom is 0.260 e. The molecule has 1 amide bonds. The standard InChI is InChI=1S/C24H28N2O3S/c1-4-17-7-5-9-21-22(17)25-24(30-21)26(15-20-8-6-14-28-20)23(27)18-10-12-19(13-11-18)29-16(2)3/h5,7,9-13,16,20H,4,6,8,14-15H2,1-3H3. The van der Waals surface area contributed by atoms with Gasteiger partial charge in [-0.05, 0) is 69.0 Å². The van der Waals surface area contributed by atoms with E-state index in [1.165, 1.54) is 5.56 Å². The number of amides is 1. The predicted octanol–water partition coefficient (Wildman–Crippen LogP) is 5.47. The Morgan fingerprint density at radius 1 is 1.27 bits per heavy atom. The van der Waals surface area contributed by atoms with Gasteiger partial charge in [-0.15, -0.1) is 0 Å². The van der Waals surface area contributed by atoms with Crippen molar-refractivity contribution in [3.63, 3.8) is 0 Å². The topological polar surface area (TPSA) is 51.7 Å². The van der Waals surface area contributed by atoms with E-state index in [0.29, 0.717) is 12.1 Å². The highest BCUT2D eigenvalue weighted by molar-refractivity contribution is 7.22. The van der Waals surface area contributed by atoms with Gasteiger partial charge in [0.15, 0.2) is 5.13 Å². The number of thiazole rings is 1. The van der Waals surface area contributed by atoms with E-state index in [9.17, 15) is 4.79 Å². The fourth-order valence-electron chi connectivity index (χ4n) is 3.74. The highest BCUT2D eigenvalue weighted by atomic mass is 32.1. The lowest BCUT2D eigenvalue weighted by atomic mass is 10.1. The van der Waals surface area contributed by atoms with Crippen LogP contribution in [0.25, 0.3) is 10.2 Å². The summed E-state index contributed by atoms with van der Waals surface area (Å²) in [6.07, 6.45) is 3.06. The number of carbonyl (C=O) groups excluding carboxylic acids is 1. The van der Waals surface area contributed by atoms with Crippen LogP contribution in [0.3, 0.4) is 0 Å². The largest absolute Gasteiger partial charge is 0.491 e. The van der Waals surface area contributed by atoms with Gasteiger partial charge in [-0.1, -0.05) is 30.4 Å². The van der Waals surface area contributed by atoms with E-state index in [0.717, 1.165) is 47.0 Å². The van der Waals surface area contributed by atoms with Gasteiger partial charge in [0.25, 0.3) is 5.91 Å². The van der Waals surface area contributed by atoms with Crippen LogP contribution in [0.4, 0.5) is 5.13 Å². The zero-order valence-electron chi connectivity index (χ0n) is 17.8. The van der Waals surface area contributed by atoms with Gasteiger partial charge in [0.2, 0.25) is 0 Å². The molecule has 1 aromatic heterocycles. The molecule has 0 N–H and O–H groups in total. The van der Waals surface area contributed by atoms with E-state index in [1.54, 1.807) is 16.2 Å². The van der Waals surface area contributed by atoms with E-state index in [1.807, 2.05) is 38.1 Å². The van der Waals surface area contributed by atoms with Gasteiger partial charge in [-0.3, -0.25) is 9.69 Å². The van der Waals surface area contributed by atoms with Crippen LogP contribution in [0, 0.1) is 0 Å². The summed E-state index contributed by atoms with van der Waals surface area (Å²) in [5.74, 6) is 0.707. The Labute approximate surface area is 181 Å². The Hall–Kier alpha value is -2.44. The number of rotatable bonds is 7. The SMILES string of the molecule is CCc1cccc2sc(N(CC3CCCO3)C(=O)c3ccc(OC(C)C)cc3)nc12. The summed E-state index contributed by atoms with van der Waals surface area (Å²) in [7, 11) is 0. The van der Waals surface area contributed by atoms with E-state index in [-0.39, 0.29) is 18.1 Å². The molecule has 4 rings (SSSR count). The maximum absolute atomic E-state index is 13.5. The second kappa shape index (κ2) is 9.14. The van der Waals surface area contributed by atoms with Crippen LogP contribution in [0.5, 0.6) is 5.75 Å². The van der Waals surface area contributed by atoms with Crippen LogP contribution < -0.4 is 9.64 Å². The van der Waals surface area contributed by atoms with Crippen molar-refractivity contribution in [2.45, 2.75) is 52.2 Å². The van der Waals surface area contributed by atoms with Crippen molar-refractivity contribution in [1.29, 1.82) is 0 Å². The molecular weight excluding hydrogens is 396 g/mol. The minimum absolute atomic E-state index is 0.0511. The minimum Gasteiger partial charge on any atom is -0.491 e. The summed E-state index contributed by atoms with van der Waals surface area (Å²) in [6, 6.07) is 13.6. The van der Waals surface area contributed by atoms with Gasteiger partial charge < -0.3 is 9.47 Å². The zero-order valence-corrected chi connectivity index (χ0v) is 18.6. The number of nitrogens with zero attached hydrogens (tertiary/aromatic N) is 2.